The molecule has 2 aliphatic carbocycles. The Labute approximate surface area is 208 Å². The molecular formula is C27H39N5O3. The van der Waals surface area contributed by atoms with E-state index in [9.17, 15) is 14.4 Å². The minimum absolute atomic E-state index is 0.00544. The molecule has 2 aliphatic heterocycles. The Morgan fingerprint density at radius 3 is 2.31 bits per heavy atom. The fraction of sp³-hybridized carbons (Fsp3) is 0.667. The first kappa shape index (κ1) is 23.9. The van der Waals surface area contributed by atoms with Crippen molar-refractivity contribution < 1.29 is 14.4 Å². The second-order valence-electron chi connectivity index (χ2n) is 10.6. The molecule has 1 aromatic rings. The SMILES string of the molecule is O=C1N[C@H]2CCCC[C@@H]2N(C(=O)NC2CCCCC2)[C@@H]1CC(=O)N1CCN(c2ccccc2)CC1. The van der Waals surface area contributed by atoms with Crippen molar-refractivity contribution in [3.63, 3.8) is 0 Å². The second kappa shape index (κ2) is 10.9. The van der Waals surface area contributed by atoms with Gasteiger partial charge in [0.25, 0.3) is 0 Å². The Kier molecular flexibility index (Phi) is 7.44. The number of hydrogen-bond acceptors (Lipinski definition) is 4. The van der Waals surface area contributed by atoms with Crippen LogP contribution in [0.25, 0.3) is 0 Å². The highest BCUT2D eigenvalue weighted by Crippen LogP contribution is 2.30. The molecule has 0 bridgehead atoms. The first-order valence-corrected chi connectivity index (χ1v) is 13.6. The number of hydrogen-bond donors (Lipinski definition) is 2. The van der Waals surface area contributed by atoms with E-state index in [1.165, 1.54) is 12.1 Å². The summed E-state index contributed by atoms with van der Waals surface area (Å²) in [5, 5.41) is 6.38. The molecular weight excluding hydrogens is 442 g/mol. The van der Waals surface area contributed by atoms with Gasteiger partial charge in [-0.05, 0) is 37.8 Å². The zero-order chi connectivity index (χ0) is 24.2. The number of nitrogens with zero attached hydrogens (tertiary/aromatic N) is 3. The Bertz CT molecular complexity index is 895. The molecule has 2 saturated heterocycles. The van der Waals surface area contributed by atoms with Crippen molar-refractivity contribution in [3.05, 3.63) is 30.3 Å². The van der Waals surface area contributed by atoms with Gasteiger partial charge in [-0.3, -0.25) is 9.59 Å². The Hall–Kier alpha value is -2.77. The van der Waals surface area contributed by atoms with Crippen LogP contribution < -0.4 is 15.5 Å². The summed E-state index contributed by atoms with van der Waals surface area (Å²) in [6.45, 7) is 2.79. The van der Waals surface area contributed by atoms with Gasteiger partial charge in [-0.1, -0.05) is 50.3 Å². The number of fused-ring (bicyclic) bond motifs is 1. The highest BCUT2D eigenvalue weighted by molar-refractivity contribution is 5.93. The van der Waals surface area contributed by atoms with Gasteiger partial charge in [0.05, 0.1) is 12.5 Å². The third-order valence-electron chi connectivity index (χ3n) is 8.34. The zero-order valence-electron chi connectivity index (χ0n) is 20.7. The van der Waals surface area contributed by atoms with Gasteiger partial charge in [-0.25, -0.2) is 4.79 Å². The molecule has 3 atom stereocenters. The first-order chi connectivity index (χ1) is 17.1. The average Bonchev–Trinajstić information content (AvgIpc) is 2.90. The summed E-state index contributed by atoms with van der Waals surface area (Å²) in [6.07, 6.45) is 9.42. The molecule has 0 radical (unpaired) electrons. The lowest BCUT2D eigenvalue weighted by molar-refractivity contribution is -0.140. The fourth-order valence-corrected chi connectivity index (χ4v) is 6.38. The molecule has 4 fully saturated rings. The largest absolute Gasteiger partial charge is 0.368 e. The summed E-state index contributed by atoms with van der Waals surface area (Å²) < 4.78 is 0. The number of piperazine rings is 2. The molecule has 4 amide bonds. The maximum absolute atomic E-state index is 13.5. The Balaban J connectivity index is 1.25. The van der Waals surface area contributed by atoms with Gasteiger partial charge in [0, 0.05) is 44.0 Å². The van der Waals surface area contributed by atoms with E-state index in [2.05, 4.69) is 27.7 Å². The lowest BCUT2D eigenvalue weighted by atomic mass is 9.85. The van der Waals surface area contributed by atoms with Crippen LogP contribution in [0.3, 0.4) is 0 Å². The number of nitrogens with one attached hydrogen (secondary N) is 2. The van der Waals surface area contributed by atoms with E-state index in [-0.39, 0.29) is 42.4 Å². The van der Waals surface area contributed by atoms with Gasteiger partial charge in [-0.2, -0.15) is 0 Å². The number of amides is 4. The van der Waals surface area contributed by atoms with Crippen molar-refractivity contribution in [2.24, 2.45) is 0 Å². The van der Waals surface area contributed by atoms with Crippen LogP contribution in [0.5, 0.6) is 0 Å². The molecule has 35 heavy (non-hydrogen) atoms. The van der Waals surface area contributed by atoms with Crippen molar-refractivity contribution in [2.45, 2.75) is 88.4 Å². The number of carbonyl (C=O) groups is 3. The summed E-state index contributed by atoms with van der Waals surface area (Å²) >= 11 is 0. The van der Waals surface area contributed by atoms with Crippen LogP contribution in [0, 0.1) is 0 Å². The highest BCUT2D eigenvalue weighted by Gasteiger charge is 2.46. The van der Waals surface area contributed by atoms with Crippen molar-refractivity contribution in [3.8, 4) is 0 Å². The fourth-order valence-electron chi connectivity index (χ4n) is 6.38. The third kappa shape index (κ3) is 5.41. The molecule has 1 aromatic carbocycles. The van der Waals surface area contributed by atoms with Crippen molar-refractivity contribution in [1.29, 1.82) is 0 Å². The van der Waals surface area contributed by atoms with E-state index in [0.29, 0.717) is 13.1 Å². The average molecular weight is 482 g/mol. The van der Waals surface area contributed by atoms with E-state index >= 15 is 0 Å². The summed E-state index contributed by atoms with van der Waals surface area (Å²) in [5.74, 6) is -0.217. The smallest absolute Gasteiger partial charge is 0.318 e. The van der Waals surface area contributed by atoms with Crippen LogP contribution in [-0.4, -0.2) is 78.0 Å². The molecule has 0 unspecified atom stereocenters. The predicted molar refractivity (Wildman–Crippen MR) is 135 cm³/mol. The topological polar surface area (TPSA) is 85.0 Å². The zero-order valence-corrected chi connectivity index (χ0v) is 20.7. The number of carbonyl (C=O) groups excluding carboxylic acids is 3. The molecule has 4 aliphatic rings. The van der Waals surface area contributed by atoms with Gasteiger partial charge >= 0.3 is 6.03 Å². The van der Waals surface area contributed by atoms with Gasteiger partial charge in [0.1, 0.15) is 6.04 Å². The van der Waals surface area contributed by atoms with Gasteiger partial charge in [0.15, 0.2) is 0 Å². The van der Waals surface area contributed by atoms with Crippen LogP contribution in [0.4, 0.5) is 10.5 Å². The third-order valence-corrected chi connectivity index (χ3v) is 8.34. The van der Waals surface area contributed by atoms with E-state index in [0.717, 1.165) is 64.5 Å². The molecule has 2 heterocycles. The molecule has 8 heteroatoms. The van der Waals surface area contributed by atoms with E-state index in [1.54, 1.807) is 4.90 Å². The molecule has 190 valence electrons. The number of urea groups is 1. The van der Waals surface area contributed by atoms with E-state index in [4.69, 9.17) is 0 Å². The van der Waals surface area contributed by atoms with Crippen LogP contribution in [0.2, 0.25) is 0 Å². The maximum atomic E-state index is 13.5. The number of para-hydroxylation sites is 1. The minimum atomic E-state index is -0.738. The minimum Gasteiger partial charge on any atom is -0.368 e. The normalized spacial score (nSPS) is 27.7. The standard InChI is InChI=1S/C27H39N5O3/c33-25(31-17-15-30(16-18-31)21-11-5-2-6-12-21)19-24-26(34)29-22-13-7-8-14-23(22)32(24)27(35)28-20-9-3-1-4-10-20/h2,5-6,11-12,20,22-24H,1,3-4,7-10,13-19H2,(H,28,35)(H,29,34)/t22-,23-,24+/m0/s1. The van der Waals surface area contributed by atoms with Gasteiger partial charge < -0.3 is 25.3 Å². The molecule has 2 N–H and O–H groups in total. The quantitative estimate of drug-likeness (QED) is 0.693. The Morgan fingerprint density at radius 1 is 0.886 bits per heavy atom. The monoisotopic (exact) mass is 481 g/mol. The van der Waals surface area contributed by atoms with Crippen LogP contribution in [0.15, 0.2) is 30.3 Å². The van der Waals surface area contributed by atoms with Crippen LogP contribution in [0.1, 0.15) is 64.2 Å². The van der Waals surface area contributed by atoms with E-state index < -0.39 is 6.04 Å². The number of rotatable bonds is 4. The molecule has 0 aromatic heterocycles. The lowest BCUT2D eigenvalue weighted by Gasteiger charge is -2.48. The van der Waals surface area contributed by atoms with Crippen LogP contribution >= 0.6 is 0 Å². The van der Waals surface area contributed by atoms with Gasteiger partial charge in [-0.15, -0.1) is 0 Å². The maximum Gasteiger partial charge on any atom is 0.318 e. The second-order valence-corrected chi connectivity index (χ2v) is 10.6. The van der Waals surface area contributed by atoms with Crippen LogP contribution in [-0.2, 0) is 9.59 Å². The molecule has 5 rings (SSSR count). The molecule has 0 spiro atoms. The van der Waals surface area contributed by atoms with Gasteiger partial charge in [0.2, 0.25) is 11.8 Å². The van der Waals surface area contributed by atoms with Crippen molar-refractivity contribution in [2.75, 3.05) is 31.1 Å². The first-order valence-electron chi connectivity index (χ1n) is 13.6. The highest BCUT2D eigenvalue weighted by atomic mass is 16.2. The number of anilines is 1. The predicted octanol–water partition coefficient (Wildman–Crippen LogP) is 2.88. The lowest BCUT2D eigenvalue weighted by Crippen LogP contribution is -2.70. The van der Waals surface area contributed by atoms with E-state index in [1.807, 2.05) is 23.1 Å². The molecule has 2 saturated carbocycles. The summed E-state index contributed by atoms with van der Waals surface area (Å²) in [7, 11) is 0. The van der Waals surface area contributed by atoms with Crippen molar-refractivity contribution >= 4 is 23.5 Å². The Morgan fingerprint density at radius 2 is 1.57 bits per heavy atom. The number of benzene rings is 1. The summed E-state index contributed by atoms with van der Waals surface area (Å²) in [5.41, 5.74) is 1.17. The summed E-state index contributed by atoms with van der Waals surface area (Å²) in [4.78, 5) is 46.0. The molecule has 8 nitrogen and oxygen atoms in total. The summed E-state index contributed by atoms with van der Waals surface area (Å²) in [6, 6.07) is 9.48. The van der Waals surface area contributed by atoms with Crippen molar-refractivity contribution in [1.82, 2.24) is 20.4 Å².